The lowest BCUT2D eigenvalue weighted by Gasteiger charge is -2.43. The summed E-state index contributed by atoms with van der Waals surface area (Å²) in [7, 11) is 0. The molecule has 0 unspecified atom stereocenters. The van der Waals surface area contributed by atoms with E-state index in [0.29, 0.717) is 27.8 Å². The molecular formula is C118H98O22. The van der Waals surface area contributed by atoms with Gasteiger partial charge in [-0.1, -0.05) is 364 Å². The van der Waals surface area contributed by atoms with Gasteiger partial charge in [-0.2, -0.15) is 0 Å². The van der Waals surface area contributed by atoms with Gasteiger partial charge in [-0.25, -0.2) is 19.2 Å². The number of aliphatic hydroxyl groups excluding tert-OH is 1. The largest absolute Gasteiger partial charge is 0.485 e. The molecule has 0 bridgehead atoms. The Kier molecular flexibility index (Phi) is 31.0. The van der Waals surface area contributed by atoms with Crippen molar-refractivity contribution >= 4 is 23.9 Å². The molecule has 1 N–H and O–H groups in total. The number of carbonyl (C=O) groups is 4. The zero-order valence-corrected chi connectivity index (χ0v) is 76.2. The molecular weight excluding hydrogens is 1770 g/mol. The van der Waals surface area contributed by atoms with Crippen molar-refractivity contribution < 1.29 is 105 Å². The lowest BCUT2D eigenvalue weighted by atomic mass is 9.90. The molecule has 1 fully saturated rings. The highest BCUT2D eigenvalue weighted by Gasteiger charge is 2.54. The normalized spacial score (nSPS) is 14.7. The third-order valence-corrected chi connectivity index (χ3v) is 23.1. The van der Waals surface area contributed by atoms with Crippen molar-refractivity contribution in [3.63, 3.8) is 0 Å². The molecule has 1 saturated heterocycles. The quantitative estimate of drug-likeness (QED) is 0.0276. The van der Waals surface area contributed by atoms with Gasteiger partial charge in [-0.3, -0.25) is 0 Å². The second-order valence-electron chi connectivity index (χ2n) is 33.1. The van der Waals surface area contributed by atoms with E-state index < -0.39 is 61.2 Å². The topological polar surface area (TPSA) is 245 Å². The van der Waals surface area contributed by atoms with Gasteiger partial charge >= 0.3 is 23.9 Å². The minimum atomic E-state index is -2.36. The summed E-state index contributed by atoms with van der Waals surface area (Å²) in [6.45, 7) is -1.78. The van der Waals surface area contributed by atoms with Crippen LogP contribution in [-0.4, -0.2) is 66.3 Å². The lowest BCUT2D eigenvalue weighted by molar-refractivity contribution is -0.284. The first-order chi connectivity index (χ1) is 69.0. The number of hydrogen-bond donors (Lipinski definition) is 1. The fourth-order valence-electron chi connectivity index (χ4n) is 15.9. The van der Waals surface area contributed by atoms with Crippen molar-refractivity contribution in [1.82, 2.24) is 0 Å². The smallest absolute Gasteiger partial charge is 0.339 e. The van der Waals surface area contributed by atoms with Crippen LogP contribution in [0.4, 0.5) is 0 Å². The maximum atomic E-state index is 17.5. The fourth-order valence-corrected chi connectivity index (χ4v) is 15.9. The maximum absolute atomic E-state index is 17.5. The molecule has 0 radical (unpaired) electrons. The van der Waals surface area contributed by atoms with E-state index in [1.807, 2.05) is 364 Å². The first-order valence-electron chi connectivity index (χ1n) is 45.9. The molecule has 16 aromatic carbocycles. The Morgan fingerprint density at radius 3 is 0.700 bits per heavy atom. The highest BCUT2D eigenvalue weighted by atomic mass is 16.7. The molecule has 0 aliphatic carbocycles. The number of fused-ring (bicyclic) bond motifs is 4. The molecule has 2 aliphatic heterocycles. The van der Waals surface area contributed by atoms with Gasteiger partial charge in [-0.15, -0.1) is 0 Å². The van der Waals surface area contributed by atoms with Crippen molar-refractivity contribution in [3.05, 3.63) is 489 Å². The van der Waals surface area contributed by atoms with Crippen LogP contribution in [0.3, 0.4) is 0 Å². The van der Waals surface area contributed by atoms with E-state index >= 15 is 19.2 Å². The van der Waals surface area contributed by atoms with E-state index in [0.717, 1.165) is 38.9 Å². The zero-order valence-electron chi connectivity index (χ0n) is 76.2. The number of carbonyl (C=O) groups excluding carboxylic acids is 4. The van der Waals surface area contributed by atoms with Gasteiger partial charge in [0.1, 0.15) is 92.0 Å². The SMILES string of the molecule is O=C(OC[C@H]1O[C@H](O)[C@@H]2OC(=O)c3cc(OCc4ccccc4)c(OCc4ccccc4)c(OCc4ccccc4)c3-c3c(cc(OCc4ccccc4)c(OCc4ccccc4)c3OCc3ccccc3)C(=O)O[C@H]2[C@@H]1OC(=O)c1cc(OCc2ccccc2)c(OCc2ccccc2)c(OCc2ccccc2)c1)c1cc(OCc2ccccc2)c(OCc2ccccc2)c(OCc2ccccc2)c1. The average molecular weight is 1870 g/mol. The summed E-state index contributed by atoms with van der Waals surface area (Å²) in [5.74, 6) is -4.74. The lowest BCUT2D eigenvalue weighted by Crippen LogP contribution is -2.62. The summed E-state index contributed by atoms with van der Waals surface area (Å²) < 4.78 is 117. The van der Waals surface area contributed by atoms with Crippen LogP contribution < -0.4 is 56.8 Å². The van der Waals surface area contributed by atoms with Crippen molar-refractivity contribution in [2.24, 2.45) is 0 Å². The van der Waals surface area contributed by atoms with E-state index in [-0.39, 0.29) is 182 Å². The van der Waals surface area contributed by atoms with E-state index in [1.165, 1.54) is 36.4 Å². The van der Waals surface area contributed by atoms with Crippen LogP contribution in [0.25, 0.3) is 11.1 Å². The first kappa shape index (κ1) is 93.3. The van der Waals surface area contributed by atoms with Crippen LogP contribution in [0.5, 0.6) is 69.0 Å². The molecule has 2 aliphatic rings. The monoisotopic (exact) mass is 1870 g/mol. The number of rotatable bonds is 41. The third-order valence-electron chi connectivity index (χ3n) is 23.1. The van der Waals surface area contributed by atoms with E-state index in [9.17, 15) is 5.11 Å². The average Bonchev–Trinajstić information content (AvgIpc) is 0.726. The van der Waals surface area contributed by atoms with Crippen LogP contribution in [-0.2, 0) is 103 Å². The molecule has 18 rings (SSSR count). The minimum Gasteiger partial charge on any atom is -0.485 e. The summed E-state index contributed by atoms with van der Waals surface area (Å²) in [5.41, 5.74) is 7.34. The number of ether oxygens (including phenoxy) is 17. The molecule has 16 aromatic rings. The molecule has 22 heteroatoms. The van der Waals surface area contributed by atoms with Crippen LogP contribution >= 0.6 is 0 Å². The predicted octanol–water partition coefficient (Wildman–Crippen LogP) is 23.2. The van der Waals surface area contributed by atoms with Gasteiger partial charge < -0.3 is 85.6 Å². The van der Waals surface area contributed by atoms with Gasteiger partial charge in [0.05, 0.1) is 22.3 Å². The summed E-state index contributed by atoms with van der Waals surface area (Å²) >= 11 is 0. The Balaban J connectivity index is 0.832. The first-order valence-corrected chi connectivity index (χ1v) is 45.9. The van der Waals surface area contributed by atoms with Crippen molar-refractivity contribution in [2.45, 2.75) is 110 Å². The molecule has 140 heavy (non-hydrogen) atoms. The van der Waals surface area contributed by atoms with Gasteiger partial charge in [-0.05, 0) is 103 Å². The Morgan fingerprint density at radius 1 is 0.243 bits per heavy atom. The van der Waals surface area contributed by atoms with Crippen LogP contribution in [0, 0.1) is 0 Å². The predicted molar refractivity (Wildman–Crippen MR) is 523 cm³/mol. The highest BCUT2D eigenvalue weighted by molar-refractivity contribution is 6.09. The molecule has 0 saturated carbocycles. The molecule has 702 valence electrons. The molecule has 22 nitrogen and oxygen atoms in total. The van der Waals surface area contributed by atoms with Crippen LogP contribution in [0.15, 0.2) is 400 Å². The molecule has 0 spiro atoms. The molecule has 2 heterocycles. The van der Waals surface area contributed by atoms with Gasteiger partial charge in [0.2, 0.25) is 23.0 Å². The van der Waals surface area contributed by atoms with Gasteiger partial charge in [0.25, 0.3) is 0 Å². The second-order valence-corrected chi connectivity index (χ2v) is 33.1. The summed E-state index contributed by atoms with van der Waals surface area (Å²) in [6, 6.07) is 121. The number of benzene rings is 16. The maximum Gasteiger partial charge on any atom is 0.339 e. The van der Waals surface area contributed by atoms with E-state index in [2.05, 4.69) is 0 Å². The van der Waals surface area contributed by atoms with Crippen molar-refractivity contribution in [2.75, 3.05) is 6.61 Å². The summed E-state index contributed by atoms with van der Waals surface area (Å²) in [4.78, 5) is 67.0. The molecule has 0 amide bonds. The van der Waals surface area contributed by atoms with E-state index in [1.54, 1.807) is 0 Å². The van der Waals surface area contributed by atoms with E-state index in [4.69, 9.17) is 80.5 Å². The second kappa shape index (κ2) is 46.4. The van der Waals surface area contributed by atoms with Crippen molar-refractivity contribution in [3.8, 4) is 80.1 Å². The van der Waals surface area contributed by atoms with Crippen molar-refractivity contribution in [1.29, 1.82) is 0 Å². The van der Waals surface area contributed by atoms with Gasteiger partial charge in [0.15, 0.2) is 70.6 Å². The number of esters is 4. The van der Waals surface area contributed by atoms with Crippen LogP contribution in [0.1, 0.15) is 108 Å². The summed E-state index contributed by atoms with van der Waals surface area (Å²) in [5, 5.41) is 13.3. The fraction of sp³-hybridized carbons (Fsp3) is 0.153. The Labute approximate surface area is 810 Å². The van der Waals surface area contributed by atoms with Gasteiger partial charge in [0, 0.05) is 11.1 Å². The number of hydrogen-bond acceptors (Lipinski definition) is 22. The van der Waals surface area contributed by atoms with Crippen LogP contribution in [0.2, 0.25) is 0 Å². The Bertz CT molecular complexity index is 6650. The minimum absolute atomic E-state index is 0.0104. The standard InChI is InChI=1S/C118H98O22/c119-114(92-61-96(124-67-80-37-13-1-14-38-80)105(130-73-86-49-25-7-26-50-86)97(62-92)125-68-81-39-15-2-16-40-81)136-79-102-109(138-115(120)93-63-98(126-69-82-41-17-3-18-42-82)106(131-74-87-51-27-8-28-52-87)99(64-93)127-70-83-43-19-4-20-44-83)112-113(118(123)137-102)140-117(122)95-66-101(129-72-85-47-23-6-24-48-85)108(133-76-89-55-31-10-32-56-89)111(135-78-91-59-35-12-36-60-91)104(95)103-94(116(121)139-112)65-100(128-71-84-45-21-5-22-46-84)107(132-75-88-53-29-9-30-54-88)110(103)134-77-90-57-33-11-34-58-90/h1-66,102,109,112-113,118,123H,67-79H2/t102-,109-,112+,113-,118+/m1/s1. The summed E-state index contributed by atoms with van der Waals surface area (Å²) in [6.07, 6.45) is -10.7. The zero-order chi connectivity index (χ0) is 95.4. The third kappa shape index (κ3) is 24.2. The Morgan fingerprint density at radius 2 is 0.450 bits per heavy atom. The Hall–Kier alpha value is -17.1. The highest BCUT2D eigenvalue weighted by Crippen LogP contribution is 2.57. The molecule has 5 atom stereocenters. The molecule has 0 aromatic heterocycles. The number of aliphatic hydroxyl groups is 1.